The zero-order valence-corrected chi connectivity index (χ0v) is 27.5. The largest absolute Gasteiger partial charge is 2.00 e. The van der Waals surface area contributed by atoms with Crippen LogP contribution in [0.1, 0.15) is 0 Å². The minimum Gasteiger partial charge on any atom is 2.00 e. The molecule has 0 aliphatic heterocycles. The van der Waals surface area contributed by atoms with Crippen LogP contribution in [0.3, 0.4) is 0 Å². The first kappa shape index (κ1) is 43.6. The Kier molecular flexibility index (Phi) is 87.3. The van der Waals surface area contributed by atoms with Crippen LogP contribution >= 0.6 is 0 Å². The minimum atomic E-state index is -4.20. The second-order valence-electron chi connectivity index (χ2n) is 0.947. The second kappa shape index (κ2) is 38.0. The molecular formula is Nb2O12Pb3Ti2. The van der Waals surface area contributed by atoms with Gasteiger partial charge >= 0.3 is 198 Å². The zero-order chi connectivity index (χ0) is 14.3. The van der Waals surface area contributed by atoms with Crippen LogP contribution in [0.4, 0.5) is 0 Å². The third kappa shape index (κ3) is 508. The summed E-state index contributed by atoms with van der Waals surface area (Å²) in [7, 11) is 0. The maximum Gasteiger partial charge on any atom is 2.00 e. The Bertz CT molecular complexity index is 265. The summed E-state index contributed by atoms with van der Waals surface area (Å²) >= 11 is -16.6. The van der Waals surface area contributed by atoms with Crippen molar-refractivity contribution in [3.05, 3.63) is 0 Å². The van der Waals surface area contributed by atoms with Gasteiger partial charge in [0.25, 0.3) is 0 Å². The van der Waals surface area contributed by atoms with Crippen molar-refractivity contribution < 1.29 is 116 Å². The van der Waals surface area contributed by atoms with E-state index in [1.54, 1.807) is 0 Å². The van der Waals surface area contributed by atoms with E-state index >= 15 is 0 Å². The molecule has 0 unspecified atom stereocenters. The molecule has 0 saturated heterocycles. The fourth-order valence-corrected chi connectivity index (χ4v) is 0. The molecule has 19 heavy (non-hydrogen) atoms. The molecule has 0 heterocycles. The van der Waals surface area contributed by atoms with Crippen LogP contribution in [0.5, 0.6) is 0 Å². The van der Waals surface area contributed by atoms with Crippen LogP contribution in [-0.4, -0.2) is 81.9 Å². The molecule has 102 valence electrons. The zero-order valence-electron chi connectivity index (χ0n) is 8.29. The van der Waals surface area contributed by atoms with Gasteiger partial charge in [-0.25, -0.2) is 0 Å². The molecule has 0 saturated carbocycles. The van der Waals surface area contributed by atoms with Gasteiger partial charge in [0.15, 0.2) is 0 Å². The van der Waals surface area contributed by atoms with Crippen LogP contribution in [0.2, 0.25) is 0 Å². The minimum absolute atomic E-state index is 0. The van der Waals surface area contributed by atoms with Crippen molar-refractivity contribution in [1.82, 2.24) is 0 Å². The summed E-state index contributed by atoms with van der Waals surface area (Å²) in [5.74, 6) is 0. The van der Waals surface area contributed by atoms with Crippen LogP contribution in [0.25, 0.3) is 0 Å². The SMILES string of the molecule is [O]=[Nb](=[O])[O-].[O]=[Nb](=[O])[O-].[O]=[Ti]([O-])[O-].[O]=[Ti]([O-])[O-].[Pb+2].[Pb+2].[Pb+2]. The maximum atomic E-state index is 8.60. The van der Waals surface area contributed by atoms with E-state index in [0.717, 1.165) is 0 Å². The van der Waals surface area contributed by atoms with Crippen LogP contribution in [-0.2, 0) is 94.5 Å². The number of hydrogen-bond donors (Lipinski definition) is 0. The van der Waals surface area contributed by atoms with Gasteiger partial charge in [0.05, 0.1) is 0 Å². The first-order chi connectivity index (χ1) is 6.93. The van der Waals surface area contributed by atoms with E-state index in [4.69, 9.17) is 41.6 Å². The van der Waals surface area contributed by atoms with Crippen LogP contribution < -0.4 is 22.0 Å². The van der Waals surface area contributed by atoms with E-state index in [-0.39, 0.29) is 81.9 Å². The Labute approximate surface area is 194 Å². The summed E-state index contributed by atoms with van der Waals surface area (Å²) in [6.07, 6.45) is 0. The van der Waals surface area contributed by atoms with Crippen LogP contribution in [0, 0.1) is 0 Å². The van der Waals surface area contributed by atoms with E-state index < -0.39 is 74.8 Å². The quantitative estimate of drug-likeness (QED) is 0.206. The van der Waals surface area contributed by atoms with Crippen molar-refractivity contribution in [2.24, 2.45) is 0 Å². The monoisotopic (exact) mass is 1100 g/mol. The summed E-state index contributed by atoms with van der Waals surface area (Å²) < 4.78 is 103. The predicted octanol–water partition coefficient (Wildman–Crippen LogP) is -9.00. The molecule has 0 aliphatic carbocycles. The molecule has 0 aromatic rings. The third-order valence-electron chi connectivity index (χ3n) is 0. The van der Waals surface area contributed by atoms with E-state index in [2.05, 4.69) is 0 Å². The third-order valence-corrected chi connectivity index (χ3v) is 0. The van der Waals surface area contributed by atoms with Gasteiger partial charge in [0, 0.05) is 0 Å². The molecule has 0 bridgehead atoms. The average molecular weight is 1100 g/mol. The standard InChI is InChI=1S/2Nb.12O.3Pb.2Ti/q;;;;;;;;6*-1;3*+2;;. The van der Waals surface area contributed by atoms with Crippen molar-refractivity contribution >= 4 is 81.9 Å². The Morgan fingerprint density at radius 2 is 0.579 bits per heavy atom. The van der Waals surface area contributed by atoms with Gasteiger partial charge in [-0.1, -0.05) is 0 Å². The normalized spacial score (nSPS) is 5.37. The topological polar surface area (TPSA) is 241 Å². The Balaban J connectivity index is -0.0000000192. The van der Waals surface area contributed by atoms with Gasteiger partial charge in [-0.2, -0.15) is 0 Å². The Morgan fingerprint density at radius 1 is 0.579 bits per heavy atom. The number of rotatable bonds is 0. The fraction of sp³-hybridized carbons (Fsp3) is 0. The molecule has 0 fully saturated rings. The van der Waals surface area contributed by atoms with Crippen molar-refractivity contribution in [3.8, 4) is 0 Å². The van der Waals surface area contributed by atoms with Gasteiger partial charge < -0.3 is 0 Å². The summed E-state index contributed by atoms with van der Waals surface area (Å²) in [6.45, 7) is 0. The summed E-state index contributed by atoms with van der Waals surface area (Å²) in [6, 6.07) is 0. The van der Waals surface area contributed by atoms with E-state index in [1.807, 2.05) is 0 Å². The van der Waals surface area contributed by atoms with Gasteiger partial charge in [-0.15, -0.1) is 0 Å². The molecule has 0 aromatic heterocycles. The molecule has 12 nitrogen and oxygen atoms in total. The van der Waals surface area contributed by atoms with Crippen molar-refractivity contribution in [3.63, 3.8) is 0 Å². The van der Waals surface area contributed by atoms with Gasteiger partial charge in [0.2, 0.25) is 0 Å². The molecule has 19 heteroatoms. The molecule has 0 aliphatic rings. The predicted molar refractivity (Wildman–Crippen MR) is 21.4 cm³/mol. The molecule has 0 amide bonds. The maximum absolute atomic E-state index is 8.60. The Hall–Kier alpha value is 4.24. The van der Waals surface area contributed by atoms with Crippen molar-refractivity contribution in [1.29, 1.82) is 0 Å². The summed E-state index contributed by atoms with van der Waals surface area (Å²) in [4.78, 5) is 0. The van der Waals surface area contributed by atoms with Crippen LogP contribution in [0.15, 0.2) is 0 Å². The van der Waals surface area contributed by atoms with Gasteiger partial charge in [0.1, 0.15) is 0 Å². The molecule has 0 atom stereocenters. The van der Waals surface area contributed by atoms with E-state index in [1.165, 1.54) is 0 Å². The van der Waals surface area contributed by atoms with Crippen molar-refractivity contribution in [2.75, 3.05) is 0 Å². The first-order valence-electron chi connectivity index (χ1n) is 2.32. The summed E-state index contributed by atoms with van der Waals surface area (Å²) in [5.41, 5.74) is 0. The smallest absolute Gasteiger partial charge is 2.00 e. The van der Waals surface area contributed by atoms with E-state index in [9.17, 15) is 0 Å². The Morgan fingerprint density at radius 3 is 0.579 bits per heavy atom. The molecule has 0 rings (SSSR count). The molecule has 0 spiro atoms. The summed E-state index contributed by atoms with van der Waals surface area (Å²) in [5, 5.41) is 0. The number of hydrogen-bond acceptors (Lipinski definition) is 12. The first-order valence-corrected chi connectivity index (χ1v) is 11.5. The average Bonchev–Trinajstić information content (AvgIpc) is 1.76. The fourth-order valence-electron chi connectivity index (χ4n) is 0. The van der Waals surface area contributed by atoms with Gasteiger partial charge in [-0.05, 0) is 0 Å². The van der Waals surface area contributed by atoms with E-state index in [0.29, 0.717) is 0 Å². The molecule has 6 radical (unpaired) electrons. The molecule has 0 aromatic carbocycles. The van der Waals surface area contributed by atoms with Crippen molar-refractivity contribution in [2.45, 2.75) is 0 Å². The second-order valence-corrected chi connectivity index (χ2v) is 4.71. The molecule has 0 N–H and O–H groups in total. The van der Waals surface area contributed by atoms with Gasteiger partial charge in [-0.3, -0.25) is 0 Å². The molecular weight excluding hydrogens is 1100 g/mol.